The van der Waals surface area contributed by atoms with Gasteiger partial charge >= 0.3 is 0 Å². The molecule has 0 bridgehead atoms. The molecular weight excluding hydrogens is 300 g/mol. The zero-order valence-electron chi connectivity index (χ0n) is 11.6. The molecule has 3 rings (SSSR count). The van der Waals surface area contributed by atoms with Crippen LogP contribution >= 0.6 is 11.6 Å². The van der Waals surface area contributed by atoms with E-state index in [9.17, 15) is 9.59 Å². The third-order valence-corrected chi connectivity index (χ3v) is 3.67. The second-order valence-corrected chi connectivity index (χ2v) is 5.29. The van der Waals surface area contributed by atoms with Gasteiger partial charge in [0.05, 0.1) is 17.3 Å². The minimum atomic E-state index is -0.353. The van der Waals surface area contributed by atoms with E-state index in [0.717, 1.165) is 5.56 Å². The van der Waals surface area contributed by atoms with Crippen molar-refractivity contribution < 1.29 is 9.59 Å². The van der Waals surface area contributed by atoms with Crippen molar-refractivity contribution in [3.63, 3.8) is 0 Å². The first-order valence-electron chi connectivity index (χ1n) is 6.78. The van der Waals surface area contributed by atoms with Crippen molar-refractivity contribution in [2.75, 3.05) is 5.32 Å². The number of carbonyl (C=O) groups excluding carboxylic acids is 2. The zero-order valence-corrected chi connectivity index (χ0v) is 12.4. The van der Waals surface area contributed by atoms with Crippen LogP contribution in [0.25, 0.3) is 0 Å². The fraction of sp³-hybridized carbons (Fsp3) is 0.0588. The van der Waals surface area contributed by atoms with E-state index < -0.39 is 0 Å². The van der Waals surface area contributed by atoms with E-state index in [1.807, 2.05) is 30.3 Å². The summed E-state index contributed by atoms with van der Waals surface area (Å²) < 4.78 is 0. The number of carbonyl (C=O) groups is 2. The van der Waals surface area contributed by atoms with Crippen LogP contribution in [0.5, 0.6) is 0 Å². The molecule has 0 saturated carbocycles. The summed E-state index contributed by atoms with van der Waals surface area (Å²) in [4.78, 5) is 25.6. The SMILES string of the molecule is O=C1C=C(Nc2ccccc2Cl)C(=O)N1Cc1ccccc1. The van der Waals surface area contributed by atoms with Crippen LogP contribution in [0, 0.1) is 0 Å². The van der Waals surface area contributed by atoms with Gasteiger partial charge in [0, 0.05) is 6.08 Å². The van der Waals surface area contributed by atoms with Gasteiger partial charge in [-0.15, -0.1) is 0 Å². The molecule has 0 radical (unpaired) electrons. The summed E-state index contributed by atoms with van der Waals surface area (Å²) in [5.74, 6) is -0.683. The Hall–Kier alpha value is -2.59. The van der Waals surface area contributed by atoms with E-state index in [4.69, 9.17) is 11.6 Å². The highest BCUT2D eigenvalue weighted by atomic mass is 35.5. The summed E-state index contributed by atoms with van der Waals surface area (Å²) in [5, 5.41) is 3.41. The molecule has 0 saturated heterocycles. The Morgan fingerprint density at radius 2 is 1.64 bits per heavy atom. The van der Waals surface area contributed by atoms with Gasteiger partial charge in [-0.1, -0.05) is 54.1 Å². The number of imide groups is 1. The lowest BCUT2D eigenvalue weighted by Crippen LogP contribution is -2.31. The highest BCUT2D eigenvalue weighted by molar-refractivity contribution is 6.33. The number of rotatable bonds is 4. The Bertz CT molecular complexity index is 756. The van der Waals surface area contributed by atoms with E-state index in [1.54, 1.807) is 24.3 Å². The molecule has 0 aliphatic carbocycles. The fourth-order valence-corrected chi connectivity index (χ4v) is 2.40. The first-order valence-corrected chi connectivity index (χ1v) is 7.16. The normalized spacial score (nSPS) is 14.2. The summed E-state index contributed by atoms with van der Waals surface area (Å²) in [6.45, 7) is 0.253. The zero-order chi connectivity index (χ0) is 15.5. The molecular formula is C17H13ClN2O2. The third kappa shape index (κ3) is 2.87. The van der Waals surface area contributed by atoms with Crippen LogP contribution in [-0.4, -0.2) is 16.7 Å². The monoisotopic (exact) mass is 312 g/mol. The minimum absolute atomic E-state index is 0.231. The smallest absolute Gasteiger partial charge is 0.277 e. The number of hydrogen-bond acceptors (Lipinski definition) is 3. The summed E-state index contributed by atoms with van der Waals surface area (Å²) in [6.07, 6.45) is 1.30. The van der Waals surface area contributed by atoms with E-state index in [-0.39, 0.29) is 24.1 Å². The number of para-hydroxylation sites is 1. The number of halogens is 1. The van der Waals surface area contributed by atoms with Gasteiger partial charge in [0.1, 0.15) is 5.70 Å². The molecule has 0 spiro atoms. The van der Waals surface area contributed by atoms with Crippen molar-refractivity contribution in [3.05, 3.63) is 77.0 Å². The average molecular weight is 313 g/mol. The van der Waals surface area contributed by atoms with Gasteiger partial charge in [-0.3, -0.25) is 14.5 Å². The molecule has 2 aromatic carbocycles. The molecule has 1 heterocycles. The Morgan fingerprint density at radius 3 is 2.36 bits per heavy atom. The Kier molecular flexibility index (Phi) is 3.94. The van der Waals surface area contributed by atoms with Crippen LogP contribution in [0.3, 0.4) is 0 Å². The lowest BCUT2D eigenvalue weighted by Gasteiger charge is -2.15. The topological polar surface area (TPSA) is 49.4 Å². The van der Waals surface area contributed by atoms with E-state index in [1.165, 1.54) is 11.0 Å². The molecule has 110 valence electrons. The molecule has 5 heteroatoms. The Labute approximate surface area is 133 Å². The van der Waals surface area contributed by atoms with Crippen molar-refractivity contribution in [1.29, 1.82) is 0 Å². The number of benzene rings is 2. The minimum Gasteiger partial charge on any atom is -0.350 e. The van der Waals surface area contributed by atoms with Crippen molar-refractivity contribution in [1.82, 2.24) is 4.90 Å². The molecule has 0 atom stereocenters. The van der Waals surface area contributed by atoms with Crippen LogP contribution in [0.15, 0.2) is 66.4 Å². The molecule has 1 N–H and O–H groups in total. The summed E-state index contributed by atoms with van der Waals surface area (Å²) in [7, 11) is 0. The maximum atomic E-state index is 12.4. The van der Waals surface area contributed by atoms with Crippen molar-refractivity contribution >= 4 is 29.1 Å². The lowest BCUT2D eigenvalue weighted by atomic mass is 10.2. The lowest BCUT2D eigenvalue weighted by molar-refractivity contribution is -0.137. The number of amides is 2. The standard InChI is InChI=1S/C17H13ClN2O2/c18-13-8-4-5-9-14(13)19-15-10-16(21)20(17(15)22)11-12-6-2-1-3-7-12/h1-10,19H,11H2. The number of nitrogens with zero attached hydrogens (tertiary/aromatic N) is 1. The van der Waals surface area contributed by atoms with Crippen LogP contribution in [0.1, 0.15) is 5.56 Å². The van der Waals surface area contributed by atoms with Gasteiger partial charge in [-0.05, 0) is 17.7 Å². The van der Waals surface area contributed by atoms with E-state index in [0.29, 0.717) is 10.7 Å². The Morgan fingerprint density at radius 1 is 0.955 bits per heavy atom. The van der Waals surface area contributed by atoms with Crippen LogP contribution < -0.4 is 5.32 Å². The molecule has 0 unspecified atom stereocenters. The third-order valence-electron chi connectivity index (χ3n) is 3.34. The van der Waals surface area contributed by atoms with Gasteiger partial charge in [-0.2, -0.15) is 0 Å². The van der Waals surface area contributed by atoms with Crippen LogP contribution in [0.4, 0.5) is 5.69 Å². The van der Waals surface area contributed by atoms with Gasteiger partial charge < -0.3 is 5.32 Å². The van der Waals surface area contributed by atoms with Gasteiger partial charge in [0.25, 0.3) is 11.8 Å². The largest absolute Gasteiger partial charge is 0.350 e. The summed E-state index contributed by atoms with van der Waals surface area (Å²) in [6, 6.07) is 16.4. The molecule has 1 aliphatic rings. The van der Waals surface area contributed by atoms with Crippen LogP contribution in [0.2, 0.25) is 5.02 Å². The van der Waals surface area contributed by atoms with Crippen molar-refractivity contribution in [3.8, 4) is 0 Å². The average Bonchev–Trinajstić information content (AvgIpc) is 2.78. The van der Waals surface area contributed by atoms with E-state index in [2.05, 4.69) is 5.32 Å². The molecule has 22 heavy (non-hydrogen) atoms. The molecule has 2 aromatic rings. The quantitative estimate of drug-likeness (QED) is 0.882. The molecule has 0 fully saturated rings. The van der Waals surface area contributed by atoms with Crippen molar-refractivity contribution in [2.45, 2.75) is 6.54 Å². The molecule has 1 aliphatic heterocycles. The highest BCUT2D eigenvalue weighted by Gasteiger charge is 2.31. The number of anilines is 1. The summed E-state index contributed by atoms with van der Waals surface area (Å²) in [5.41, 5.74) is 1.73. The first-order chi connectivity index (χ1) is 10.6. The fourth-order valence-electron chi connectivity index (χ4n) is 2.22. The highest BCUT2D eigenvalue weighted by Crippen LogP contribution is 2.24. The van der Waals surface area contributed by atoms with Gasteiger partial charge in [0.2, 0.25) is 0 Å². The molecule has 2 amide bonds. The maximum absolute atomic E-state index is 12.4. The van der Waals surface area contributed by atoms with Gasteiger partial charge in [0.15, 0.2) is 0 Å². The predicted octanol–water partition coefficient (Wildman–Crippen LogP) is 3.20. The Balaban J connectivity index is 1.76. The van der Waals surface area contributed by atoms with Crippen molar-refractivity contribution in [2.24, 2.45) is 0 Å². The van der Waals surface area contributed by atoms with Gasteiger partial charge in [-0.25, -0.2) is 0 Å². The molecule has 4 nitrogen and oxygen atoms in total. The second-order valence-electron chi connectivity index (χ2n) is 4.88. The predicted molar refractivity (Wildman–Crippen MR) is 85.2 cm³/mol. The van der Waals surface area contributed by atoms with Crippen LogP contribution in [-0.2, 0) is 16.1 Å². The second kappa shape index (κ2) is 6.03. The number of nitrogens with one attached hydrogen (secondary N) is 1. The van der Waals surface area contributed by atoms with E-state index >= 15 is 0 Å². The molecule has 0 aromatic heterocycles. The summed E-state index contributed by atoms with van der Waals surface area (Å²) >= 11 is 6.05. The number of hydrogen-bond donors (Lipinski definition) is 1. The first kappa shape index (κ1) is 14.4. The maximum Gasteiger partial charge on any atom is 0.277 e.